The summed E-state index contributed by atoms with van der Waals surface area (Å²) < 4.78 is 0. The van der Waals surface area contributed by atoms with Crippen LogP contribution in [0.4, 0.5) is 0 Å². The van der Waals surface area contributed by atoms with Gasteiger partial charge >= 0.3 is 11.9 Å². The number of hydrogen-bond donors (Lipinski definition) is 2. The average molecular weight is 168 g/mol. The molecule has 0 spiro atoms. The van der Waals surface area contributed by atoms with E-state index >= 15 is 0 Å². The van der Waals surface area contributed by atoms with Crippen LogP contribution in [0.2, 0.25) is 0 Å². The Labute approximate surface area is 69.2 Å². The number of rotatable bonds is 2. The Morgan fingerprint density at radius 2 is 1.33 bits per heavy atom. The molecule has 0 aromatic carbocycles. The zero-order chi connectivity index (χ0) is 9.14. The molecule has 2 N–H and O–H groups in total. The topological polar surface area (TPSA) is 74.6 Å². The smallest absolute Gasteiger partial charge is 0.308 e. The molecule has 0 heterocycles. The first-order valence-corrected chi connectivity index (χ1v) is 3.54. The summed E-state index contributed by atoms with van der Waals surface area (Å²) in [7, 11) is 0. The minimum Gasteiger partial charge on any atom is -0.481 e. The Kier molecular flexibility index (Phi) is 2.34. The van der Waals surface area contributed by atoms with Crippen LogP contribution in [0, 0.1) is 23.7 Å². The van der Waals surface area contributed by atoms with Gasteiger partial charge in [0.25, 0.3) is 0 Å². The van der Waals surface area contributed by atoms with E-state index in [1.165, 1.54) is 0 Å². The van der Waals surface area contributed by atoms with Crippen LogP contribution in [0.25, 0.3) is 0 Å². The van der Waals surface area contributed by atoms with Crippen molar-refractivity contribution in [3.8, 4) is 11.8 Å². The Morgan fingerprint density at radius 3 is 1.58 bits per heavy atom. The molecular weight excluding hydrogens is 160 g/mol. The standard InChI is InChI=1S/C8H8O4/c9-7(10)5-3-1-2-4-6(5)8(11)12/h5-6H,3-4H2,(H,9,10)(H,11,12)/t5-,6+. The monoisotopic (exact) mass is 168 g/mol. The quantitative estimate of drug-likeness (QED) is 0.577. The molecule has 0 bridgehead atoms. The van der Waals surface area contributed by atoms with Crippen molar-refractivity contribution in [2.45, 2.75) is 12.8 Å². The molecule has 12 heavy (non-hydrogen) atoms. The lowest BCUT2D eigenvalue weighted by Crippen LogP contribution is -2.30. The van der Waals surface area contributed by atoms with Gasteiger partial charge in [0.2, 0.25) is 0 Å². The summed E-state index contributed by atoms with van der Waals surface area (Å²) in [6.45, 7) is 0. The maximum Gasteiger partial charge on any atom is 0.308 e. The predicted octanol–water partition coefficient (Wildman–Crippen LogP) is 0.185. The highest BCUT2D eigenvalue weighted by Crippen LogP contribution is 2.22. The molecule has 1 aliphatic carbocycles. The molecule has 4 nitrogen and oxygen atoms in total. The molecule has 0 aromatic rings. The largest absolute Gasteiger partial charge is 0.481 e. The normalized spacial score (nSPS) is 27.0. The highest BCUT2D eigenvalue weighted by atomic mass is 16.4. The van der Waals surface area contributed by atoms with Crippen molar-refractivity contribution in [1.82, 2.24) is 0 Å². The van der Waals surface area contributed by atoms with Gasteiger partial charge in [0.15, 0.2) is 0 Å². The van der Waals surface area contributed by atoms with Crippen molar-refractivity contribution in [1.29, 1.82) is 0 Å². The van der Waals surface area contributed by atoms with Gasteiger partial charge in [0.1, 0.15) is 0 Å². The molecule has 0 fully saturated rings. The second-order valence-electron chi connectivity index (χ2n) is 2.65. The van der Waals surface area contributed by atoms with Crippen LogP contribution in [-0.2, 0) is 9.59 Å². The van der Waals surface area contributed by atoms with E-state index in [0.29, 0.717) is 0 Å². The lowest BCUT2D eigenvalue weighted by Gasteiger charge is -2.18. The van der Waals surface area contributed by atoms with Gasteiger partial charge < -0.3 is 10.2 Å². The zero-order valence-corrected chi connectivity index (χ0v) is 6.28. The molecule has 0 amide bonds. The fourth-order valence-corrected chi connectivity index (χ4v) is 1.17. The number of carbonyl (C=O) groups is 2. The highest BCUT2D eigenvalue weighted by molar-refractivity contribution is 5.80. The van der Waals surface area contributed by atoms with Crippen LogP contribution in [0.5, 0.6) is 0 Å². The van der Waals surface area contributed by atoms with Crippen LogP contribution < -0.4 is 0 Å². The fourth-order valence-electron chi connectivity index (χ4n) is 1.17. The van der Waals surface area contributed by atoms with Gasteiger partial charge in [-0.2, -0.15) is 0 Å². The molecule has 0 aliphatic heterocycles. The van der Waals surface area contributed by atoms with Gasteiger partial charge in [-0.05, 0) is 0 Å². The van der Waals surface area contributed by atoms with Crippen LogP contribution in [0.1, 0.15) is 12.8 Å². The van der Waals surface area contributed by atoms with Gasteiger partial charge in [-0.3, -0.25) is 9.59 Å². The van der Waals surface area contributed by atoms with E-state index in [2.05, 4.69) is 11.8 Å². The van der Waals surface area contributed by atoms with E-state index in [1.807, 2.05) is 0 Å². The predicted molar refractivity (Wildman–Crippen MR) is 39.3 cm³/mol. The second kappa shape index (κ2) is 3.26. The number of aliphatic carboxylic acids is 2. The number of hydrogen-bond acceptors (Lipinski definition) is 2. The van der Waals surface area contributed by atoms with Crippen molar-refractivity contribution in [3.05, 3.63) is 0 Å². The van der Waals surface area contributed by atoms with E-state index in [-0.39, 0.29) is 12.8 Å². The van der Waals surface area contributed by atoms with E-state index < -0.39 is 23.8 Å². The molecule has 64 valence electrons. The summed E-state index contributed by atoms with van der Waals surface area (Å²) in [5, 5.41) is 17.3. The lowest BCUT2D eigenvalue weighted by atomic mass is 9.84. The minimum atomic E-state index is -1.07. The Balaban J connectivity index is 2.79. The Hall–Kier alpha value is -1.50. The first-order valence-electron chi connectivity index (χ1n) is 3.54. The summed E-state index contributed by atoms with van der Waals surface area (Å²) >= 11 is 0. The summed E-state index contributed by atoms with van der Waals surface area (Å²) in [4.78, 5) is 21.1. The first kappa shape index (κ1) is 8.60. The molecule has 0 unspecified atom stereocenters. The van der Waals surface area contributed by atoms with Gasteiger partial charge in [-0.25, -0.2) is 0 Å². The zero-order valence-electron chi connectivity index (χ0n) is 6.28. The summed E-state index contributed by atoms with van der Waals surface area (Å²) in [5.74, 6) is 1.38. The van der Waals surface area contributed by atoms with Crippen molar-refractivity contribution in [2.75, 3.05) is 0 Å². The molecule has 1 aliphatic rings. The summed E-state index contributed by atoms with van der Waals surface area (Å²) in [5.41, 5.74) is 0. The third-order valence-electron chi connectivity index (χ3n) is 1.89. The van der Waals surface area contributed by atoms with Crippen molar-refractivity contribution in [3.63, 3.8) is 0 Å². The summed E-state index contributed by atoms with van der Waals surface area (Å²) in [6.07, 6.45) is 0.290. The number of carboxylic acid groups (broad SMARTS) is 2. The Morgan fingerprint density at radius 1 is 1.00 bits per heavy atom. The number of carboxylic acids is 2. The van der Waals surface area contributed by atoms with E-state index in [4.69, 9.17) is 10.2 Å². The summed E-state index contributed by atoms with van der Waals surface area (Å²) in [6, 6.07) is 0. The minimum absolute atomic E-state index is 0.145. The van der Waals surface area contributed by atoms with Crippen molar-refractivity contribution >= 4 is 11.9 Å². The molecule has 4 heteroatoms. The van der Waals surface area contributed by atoms with Gasteiger partial charge in [-0.1, -0.05) is 0 Å². The molecular formula is C8H8O4. The SMILES string of the molecule is O=C(O)[C@H]1CC#CC[C@H]1C(=O)O. The highest BCUT2D eigenvalue weighted by Gasteiger charge is 2.33. The molecule has 0 radical (unpaired) electrons. The first-order chi connectivity index (χ1) is 5.63. The van der Waals surface area contributed by atoms with Crippen LogP contribution in [0.3, 0.4) is 0 Å². The van der Waals surface area contributed by atoms with E-state index in [1.54, 1.807) is 0 Å². The van der Waals surface area contributed by atoms with Crippen molar-refractivity contribution in [2.24, 2.45) is 11.8 Å². The van der Waals surface area contributed by atoms with Gasteiger partial charge in [0, 0.05) is 12.8 Å². The molecule has 0 aromatic heterocycles. The second-order valence-corrected chi connectivity index (χ2v) is 2.65. The lowest BCUT2D eigenvalue weighted by molar-refractivity contribution is -0.153. The van der Waals surface area contributed by atoms with Crippen LogP contribution in [0.15, 0.2) is 0 Å². The molecule has 0 saturated carbocycles. The third kappa shape index (κ3) is 1.56. The average Bonchev–Trinajstić information content (AvgIpc) is 2.04. The maximum atomic E-state index is 10.5. The molecule has 1 rings (SSSR count). The van der Waals surface area contributed by atoms with Crippen LogP contribution in [-0.4, -0.2) is 22.2 Å². The Bertz CT molecular complexity index is 245. The molecule has 2 atom stereocenters. The fraction of sp³-hybridized carbons (Fsp3) is 0.500. The van der Waals surface area contributed by atoms with Gasteiger partial charge in [0.05, 0.1) is 11.8 Å². The van der Waals surface area contributed by atoms with Gasteiger partial charge in [-0.15, -0.1) is 11.8 Å². The van der Waals surface area contributed by atoms with E-state index in [9.17, 15) is 9.59 Å². The molecule has 0 saturated heterocycles. The van der Waals surface area contributed by atoms with E-state index in [0.717, 1.165) is 0 Å². The maximum absolute atomic E-state index is 10.5. The van der Waals surface area contributed by atoms with Crippen molar-refractivity contribution < 1.29 is 19.8 Å². The third-order valence-corrected chi connectivity index (χ3v) is 1.89. The van der Waals surface area contributed by atoms with Crippen LogP contribution >= 0.6 is 0 Å².